The molecule has 0 spiro atoms. The first-order valence-corrected chi connectivity index (χ1v) is 4.60. The molecule has 1 rings (SSSR count). The van der Waals surface area contributed by atoms with Crippen molar-refractivity contribution in [2.45, 2.75) is 26.7 Å². The van der Waals surface area contributed by atoms with Gasteiger partial charge in [-0.2, -0.15) is 0 Å². The zero-order chi connectivity index (χ0) is 10.7. The van der Waals surface area contributed by atoms with Gasteiger partial charge in [0, 0.05) is 11.6 Å². The SMILES string of the molecule is [CH2]CCc1c([N+](=O)[O-])ccc(C)c1C. The van der Waals surface area contributed by atoms with Crippen LogP contribution in [0.3, 0.4) is 0 Å². The highest BCUT2D eigenvalue weighted by atomic mass is 16.6. The molecule has 14 heavy (non-hydrogen) atoms. The summed E-state index contributed by atoms with van der Waals surface area (Å²) < 4.78 is 0. The zero-order valence-corrected chi connectivity index (χ0v) is 8.54. The molecule has 0 N–H and O–H groups in total. The summed E-state index contributed by atoms with van der Waals surface area (Å²) in [6.07, 6.45) is 1.36. The summed E-state index contributed by atoms with van der Waals surface area (Å²) in [5.41, 5.74) is 3.16. The van der Waals surface area contributed by atoms with Gasteiger partial charge in [0.2, 0.25) is 0 Å². The molecule has 0 aliphatic rings. The third-order valence-corrected chi connectivity index (χ3v) is 2.47. The molecular weight excluding hydrogens is 178 g/mol. The van der Waals surface area contributed by atoms with Crippen molar-refractivity contribution >= 4 is 5.69 Å². The van der Waals surface area contributed by atoms with E-state index in [0.29, 0.717) is 12.8 Å². The van der Waals surface area contributed by atoms with Crippen LogP contribution >= 0.6 is 0 Å². The lowest BCUT2D eigenvalue weighted by atomic mass is 9.98. The molecule has 1 aromatic carbocycles. The van der Waals surface area contributed by atoms with Crippen molar-refractivity contribution < 1.29 is 4.92 Å². The number of nitro benzene ring substituents is 1. The summed E-state index contributed by atoms with van der Waals surface area (Å²) in [5, 5.41) is 10.7. The van der Waals surface area contributed by atoms with Crippen molar-refractivity contribution in [1.82, 2.24) is 0 Å². The van der Waals surface area contributed by atoms with Crippen LogP contribution in [0.5, 0.6) is 0 Å². The van der Waals surface area contributed by atoms with Gasteiger partial charge in [0.05, 0.1) is 4.92 Å². The van der Waals surface area contributed by atoms with Crippen molar-refractivity contribution in [3.63, 3.8) is 0 Å². The van der Waals surface area contributed by atoms with E-state index in [0.717, 1.165) is 16.7 Å². The molecule has 3 nitrogen and oxygen atoms in total. The molecule has 0 heterocycles. The molecule has 0 saturated carbocycles. The largest absolute Gasteiger partial charge is 0.272 e. The molecule has 0 aliphatic heterocycles. The molecule has 0 atom stereocenters. The Morgan fingerprint density at radius 3 is 2.57 bits per heavy atom. The Morgan fingerprint density at radius 2 is 2.07 bits per heavy atom. The quantitative estimate of drug-likeness (QED) is 0.545. The molecule has 0 amide bonds. The predicted octanol–water partition coefficient (Wildman–Crippen LogP) is 2.98. The maximum absolute atomic E-state index is 10.7. The third kappa shape index (κ3) is 1.92. The van der Waals surface area contributed by atoms with Gasteiger partial charge in [-0.1, -0.05) is 13.0 Å². The van der Waals surface area contributed by atoms with Crippen LogP contribution in [0.2, 0.25) is 0 Å². The van der Waals surface area contributed by atoms with E-state index in [4.69, 9.17) is 0 Å². The number of hydrogen-bond donors (Lipinski definition) is 0. The first kappa shape index (κ1) is 10.7. The fourth-order valence-electron chi connectivity index (χ4n) is 1.52. The van der Waals surface area contributed by atoms with Crippen molar-refractivity contribution in [2.24, 2.45) is 0 Å². The van der Waals surface area contributed by atoms with Crippen LogP contribution in [0.25, 0.3) is 0 Å². The number of benzene rings is 1. The zero-order valence-electron chi connectivity index (χ0n) is 8.54. The van der Waals surface area contributed by atoms with Crippen LogP contribution in [0.1, 0.15) is 23.1 Å². The molecule has 0 fully saturated rings. The molecule has 0 aliphatic carbocycles. The van der Waals surface area contributed by atoms with Gasteiger partial charge in [0.25, 0.3) is 5.69 Å². The maximum atomic E-state index is 10.7. The van der Waals surface area contributed by atoms with Crippen molar-refractivity contribution in [1.29, 1.82) is 0 Å². The smallest absolute Gasteiger partial charge is 0.258 e. The van der Waals surface area contributed by atoms with Crippen molar-refractivity contribution in [3.8, 4) is 0 Å². The minimum absolute atomic E-state index is 0.219. The first-order chi connectivity index (χ1) is 6.57. The van der Waals surface area contributed by atoms with Crippen LogP contribution in [0.4, 0.5) is 5.69 Å². The number of nitro groups is 1. The van der Waals surface area contributed by atoms with Gasteiger partial charge in [0.1, 0.15) is 0 Å². The highest BCUT2D eigenvalue weighted by Crippen LogP contribution is 2.25. The van der Waals surface area contributed by atoms with Gasteiger partial charge in [-0.05, 0) is 37.8 Å². The summed E-state index contributed by atoms with van der Waals surface area (Å²) in [4.78, 5) is 10.4. The number of hydrogen-bond acceptors (Lipinski definition) is 2. The van der Waals surface area contributed by atoms with Gasteiger partial charge in [-0.25, -0.2) is 0 Å². The minimum atomic E-state index is -0.322. The van der Waals surface area contributed by atoms with Crippen LogP contribution in [-0.2, 0) is 6.42 Å². The summed E-state index contributed by atoms with van der Waals surface area (Å²) in [5.74, 6) is 0. The average Bonchev–Trinajstić information content (AvgIpc) is 2.13. The maximum Gasteiger partial charge on any atom is 0.272 e. The van der Waals surface area contributed by atoms with Gasteiger partial charge < -0.3 is 0 Å². The van der Waals surface area contributed by atoms with E-state index in [1.54, 1.807) is 12.1 Å². The Hall–Kier alpha value is -1.38. The van der Waals surface area contributed by atoms with Crippen LogP contribution in [0.15, 0.2) is 12.1 Å². The second kappa shape index (κ2) is 4.22. The van der Waals surface area contributed by atoms with Gasteiger partial charge in [-0.15, -0.1) is 0 Å². The highest BCUT2D eigenvalue weighted by Gasteiger charge is 2.15. The Labute approximate surface area is 83.9 Å². The molecular formula is C11H14NO2. The van der Waals surface area contributed by atoms with E-state index < -0.39 is 0 Å². The second-order valence-corrected chi connectivity index (χ2v) is 3.37. The molecule has 0 unspecified atom stereocenters. The van der Waals surface area contributed by atoms with E-state index in [1.165, 1.54) is 0 Å². The van der Waals surface area contributed by atoms with E-state index in [2.05, 4.69) is 6.92 Å². The highest BCUT2D eigenvalue weighted by molar-refractivity contribution is 5.48. The summed E-state index contributed by atoms with van der Waals surface area (Å²) in [6.45, 7) is 7.62. The van der Waals surface area contributed by atoms with Gasteiger partial charge in [-0.3, -0.25) is 10.1 Å². The summed E-state index contributed by atoms with van der Waals surface area (Å²) >= 11 is 0. The van der Waals surface area contributed by atoms with E-state index in [1.807, 2.05) is 13.8 Å². The summed E-state index contributed by atoms with van der Waals surface area (Å²) in [6, 6.07) is 3.37. The molecule has 0 saturated heterocycles. The van der Waals surface area contributed by atoms with E-state index in [-0.39, 0.29) is 10.6 Å². The summed E-state index contributed by atoms with van der Waals surface area (Å²) in [7, 11) is 0. The van der Waals surface area contributed by atoms with Crippen LogP contribution in [0, 0.1) is 30.9 Å². The monoisotopic (exact) mass is 192 g/mol. The standard InChI is InChI=1S/C11H14NO2/c1-4-5-10-9(3)8(2)6-7-11(10)12(13)14/h6-7H,1,4-5H2,2-3H3. The normalized spacial score (nSPS) is 10.2. The van der Waals surface area contributed by atoms with Crippen molar-refractivity contribution in [2.75, 3.05) is 0 Å². The fourth-order valence-corrected chi connectivity index (χ4v) is 1.52. The number of nitrogens with zero attached hydrogens (tertiary/aromatic N) is 1. The van der Waals surface area contributed by atoms with Gasteiger partial charge >= 0.3 is 0 Å². The molecule has 0 bridgehead atoms. The van der Waals surface area contributed by atoms with E-state index >= 15 is 0 Å². The predicted molar refractivity (Wildman–Crippen MR) is 56.2 cm³/mol. The Kier molecular flexibility index (Phi) is 3.23. The Balaban J connectivity index is 3.29. The lowest BCUT2D eigenvalue weighted by Crippen LogP contribution is -1.99. The Bertz CT molecular complexity index is 359. The second-order valence-electron chi connectivity index (χ2n) is 3.37. The molecule has 1 radical (unpaired) electrons. The topological polar surface area (TPSA) is 43.1 Å². The first-order valence-electron chi connectivity index (χ1n) is 4.60. The van der Waals surface area contributed by atoms with E-state index in [9.17, 15) is 10.1 Å². The average molecular weight is 192 g/mol. The minimum Gasteiger partial charge on any atom is -0.258 e. The molecule has 1 aromatic rings. The lowest BCUT2D eigenvalue weighted by Gasteiger charge is -2.07. The van der Waals surface area contributed by atoms with Gasteiger partial charge in [0.15, 0.2) is 0 Å². The van der Waals surface area contributed by atoms with Crippen molar-refractivity contribution in [3.05, 3.63) is 45.9 Å². The van der Waals surface area contributed by atoms with Crippen LogP contribution in [-0.4, -0.2) is 4.92 Å². The third-order valence-electron chi connectivity index (χ3n) is 2.47. The lowest BCUT2D eigenvalue weighted by molar-refractivity contribution is -0.385. The van der Waals surface area contributed by atoms with Crippen LogP contribution < -0.4 is 0 Å². The Morgan fingerprint density at radius 1 is 1.43 bits per heavy atom. The molecule has 3 heteroatoms. The number of aryl methyl sites for hydroxylation is 1. The molecule has 0 aromatic heterocycles. The molecule has 75 valence electrons. The fraction of sp³-hybridized carbons (Fsp3) is 0.364. The number of rotatable bonds is 3.